The Bertz CT molecular complexity index is 1030. The Morgan fingerprint density at radius 2 is 2.03 bits per heavy atom. The third kappa shape index (κ3) is 4.19. The minimum absolute atomic E-state index is 0.0787. The van der Waals surface area contributed by atoms with E-state index in [-0.39, 0.29) is 11.9 Å². The van der Waals surface area contributed by atoms with Gasteiger partial charge < -0.3 is 24.1 Å². The molecule has 1 fully saturated rings. The lowest BCUT2D eigenvalue weighted by atomic mass is 10.1. The van der Waals surface area contributed by atoms with E-state index in [0.717, 1.165) is 30.6 Å². The van der Waals surface area contributed by atoms with Crippen molar-refractivity contribution in [2.45, 2.75) is 18.9 Å². The van der Waals surface area contributed by atoms with Crippen molar-refractivity contribution in [3.8, 4) is 11.5 Å². The number of hydrogen-bond acceptors (Lipinski definition) is 6. The van der Waals surface area contributed by atoms with Crippen molar-refractivity contribution in [1.29, 1.82) is 0 Å². The van der Waals surface area contributed by atoms with E-state index in [0.29, 0.717) is 35.0 Å². The molecule has 7 heteroatoms. The first kappa shape index (κ1) is 19.3. The Labute approximate surface area is 169 Å². The summed E-state index contributed by atoms with van der Waals surface area (Å²) in [5.41, 5.74) is 2.92. The van der Waals surface area contributed by atoms with Crippen molar-refractivity contribution in [3.05, 3.63) is 53.4 Å². The molecule has 1 N–H and O–H groups in total. The Balaban J connectivity index is 1.50. The second-order valence-electron chi connectivity index (χ2n) is 7.38. The number of nitrogens with one attached hydrogen (secondary N) is 1. The molecule has 0 radical (unpaired) electrons. The van der Waals surface area contributed by atoms with Crippen LogP contribution in [0.4, 0.5) is 0 Å². The topological polar surface area (TPSA) is 76.8 Å². The molecule has 1 saturated heterocycles. The molecule has 0 aliphatic carbocycles. The molecule has 1 amide bonds. The highest BCUT2D eigenvalue weighted by Crippen LogP contribution is 2.29. The Hall–Kier alpha value is -3.06. The van der Waals surface area contributed by atoms with Gasteiger partial charge in [-0.05, 0) is 55.9 Å². The van der Waals surface area contributed by atoms with Gasteiger partial charge in [0.05, 0.1) is 14.2 Å². The molecule has 1 atom stereocenters. The molecular formula is C22H25N3O4. The van der Waals surface area contributed by atoms with Gasteiger partial charge in [0.15, 0.2) is 23.0 Å². The summed E-state index contributed by atoms with van der Waals surface area (Å²) in [5, 5.41) is 3.09. The lowest BCUT2D eigenvalue weighted by molar-refractivity contribution is 0.0938. The van der Waals surface area contributed by atoms with Crippen LogP contribution in [0.15, 0.2) is 40.8 Å². The number of hydrogen-bond donors (Lipinski definition) is 1. The molecule has 0 spiro atoms. The normalized spacial score (nSPS) is 16.9. The lowest BCUT2D eigenvalue weighted by Crippen LogP contribution is -2.36. The summed E-state index contributed by atoms with van der Waals surface area (Å²) in [6.45, 7) is 1.89. The highest BCUT2D eigenvalue weighted by atomic mass is 16.5. The number of nitrogens with zero attached hydrogens (tertiary/aromatic N) is 2. The number of likely N-dealkylation sites (tertiary alicyclic amines) is 1. The molecule has 3 aromatic rings. The van der Waals surface area contributed by atoms with Gasteiger partial charge in [-0.15, -0.1) is 0 Å². The predicted octanol–water partition coefficient (Wildman–Crippen LogP) is 2.87. The minimum atomic E-state index is -0.0787. The molecule has 1 aliphatic rings. The molecule has 29 heavy (non-hydrogen) atoms. The fraction of sp³-hybridized carbons (Fsp3) is 0.364. The van der Waals surface area contributed by atoms with Gasteiger partial charge in [-0.25, -0.2) is 4.98 Å². The predicted molar refractivity (Wildman–Crippen MR) is 110 cm³/mol. The van der Waals surface area contributed by atoms with Crippen LogP contribution < -0.4 is 14.8 Å². The summed E-state index contributed by atoms with van der Waals surface area (Å²) in [4.78, 5) is 19.3. The van der Waals surface area contributed by atoms with E-state index in [4.69, 9.17) is 13.9 Å². The Morgan fingerprint density at radius 3 is 2.76 bits per heavy atom. The van der Waals surface area contributed by atoms with Gasteiger partial charge in [-0.2, -0.15) is 0 Å². The van der Waals surface area contributed by atoms with Gasteiger partial charge in [-0.1, -0.05) is 6.07 Å². The van der Waals surface area contributed by atoms with E-state index in [2.05, 4.69) is 22.2 Å². The van der Waals surface area contributed by atoms with Gasteiger partial charge in [0.25, 0.3) is 5.91 Å². The maximum atomic E-state index is 12.6. The largest absolute Gasteiger partial charge is 0.493 e. The maximum Gasteiger partial charge on any atom is 0.251 e. The van der Waals surface area contributed by atoms with Crippen molar-refractivity contribution >= 4 is 17.0 Å². The lowest BCUT2D eigenvalue weighted by Gasteiger charge is -2.12. The van der Waals surface area contributed by atoms with Gasteiger partial charge in [0.1, 0.15) is 5.52 Å². The van der Waals surface area contributed by atoms with Crippen LogP contribution in [-0.2, 0) is 6.42 Å². The molecule has 152 valence electrons. The zero-order chi connectivity index (χ0) is 20.4. The van der Waals surface area contributed by atoms with Crippen LogP contribution >= 0.6 is 0 Å². The number of carbonyl (C=O) groups excluding carboxylic acids is 1. The van der Waals surface area contributed by atoms with E-state index in [1.165, 1.54) is 0 Å². The van der Waals surface area contributed by atoms with Crippen LogP contribution in [0.3, 0.4) is 0 Å². The third-order valence-corrected chi connectivity index (χ3v) is 5.22. The van der Waals surface area contributed by atoms with Crippen LogP contribution in [0.5, 0.6) is 11.5 Å². The van der Waals surface area contributed by atoms with Gasteiger partial charge in [0.2, 0.25) is 0 Å². The van der Waals surface area contributed by atoms with E-state index < -0.39 is 0 Å². The molecule has 4 rings (SSSR count). The Morgan fingerprint density at radius 1 is 1.21 bits per heavy atom. The van der Waals surface area contributed by atoms with E-state index >= 15 is 0 Å². The van der Waals surface area contributed by atoms with Gasteiger partial charge in [0, 0.05) is 24.6 Å². The number of benzene rings is 2. The molecule has 1 aromatic heterocycles. The number of methoxy groups -OCH3 is 2. The number of ether oxygens (including phenoxy) is 2. The first-order valence-corrected chi connectivity index (χ1v) is 9.65. The number of carbonyl (C=O) groups is 1. The molecule has 1 aliphatic heterocycles. The number of rotatable bonds is 6. The average molecular weight is 395 g/mol. The van der Waals surface area contributed by atoms with Crippen LogP contribution in [-0.4, -0.2) is 56.2 Å². The second kappa shape index (κ2) is 8.13. The zero-order valence-corrected chi connectivity index (χ0v) is 16.9. The summed E-state index contributed by atoms with van der Waals surface area (Å²) < 4.78 is 16.5. The van der Waals surface area contributed by atoms with Crippen molar-refractivity contribution in [3.63, 3.8) is 0 Å². The monoisotopic (exact) mass is 395 g/mol. The van der Waals surface area contributed by atoms with Crippen LogP contribution in [0.1, 0.15) is 28.2 Å². The summed E-state index contributed by atoms with van der Waals surface area (Å²) in [5.74, 6) is 1.85. The molecule has 7 nitrogen and oxygen atoms in total. The smallest absolute Gasteiger partial charge is 0.251 e. The summed E-state index contributed by atoms with van der Waals surface area (Å²) >= 11 is 0. The van der Waals surface area contributed by atoms with E-state index in [1.807, 2.05) is 24.3 Å². The van der Waals surface area contributed by atoms with E-state index in [1.54, 1.807) is 26.4 Å². The molecule has 0 bridgehead atoms. The third-order valence-electron chi connectivity index (χ3n) is 5.22. The van der Waals surface area contributed by atoms with Gasteiger partial charge >= 0.3 is 0 Å². The van der Waals surface area contributed by atoms with Crippen molar-refractivity contribution in [1.82, 2.24) is 15.2 Å². The number of amides is 1. The molecule has 0 saturated carbocycles. The molecule has 2 heterocycles. The highest BCUT2D eigenvalue weighted by molar-refractivity contribution is 5.97. The molecular weight excluding hydrogens is 370 g/mol. The molecule has 2 aromatic carbocycles. The van der Waals surface area contributed by atoms with Crippen molar-refractivity contribution in [2.75, 3.05) is 34.4 Å². The SMILES string of the molecule is COc1ccc(Cc2nc3ccc(C(=O)N[C@@H]4CCN(C)C4)cc3o2)cc1OC. The highest BCUT2D eigenvalue weighted by Gasteiger charge is 2.22. The summed E-state index contributed by atoms with van der Waals surface area (Å²) in [7, 11) is 5.28. The zero-order valence-electron chi connectivity index (χ0n) is 16.9. The Kier molecular flexibility index (Phi) is 5.40. The van der Waals surface area contributed by atoms with Crippen LogP contribution in [0.25, 0.3) is 11.1 Å². The number of fused-ring (bicyclic) bond motifs is 1. The summed E-state index contributed by atoms with van der Waals surface area (Å²) in [6, 6.07) is 11.3. The fourth-order valence-corrected chi connectivity index (χ4v) is 3.68. The van der Waals surface area contributed by atoms with Crippen molar-refractivity contribution < 1.29 is 18.7 Å². The standard InChI is InChI=1S/C22H25N3O4/c1-25-9-8-16(13-25)23-22(26)15-5-6-17-19(12-15)29-21(24-17)11-14-4-7-18(27-2)20(10-14)28-3/h4-7,10,12,16H,8-9,11,13H2,1-3H3,(H,23,26)/t16-/m1/s1. The van der Waals surface area contributed by atoms with E-state index in [9.17, 15) is 4.79 Å². The van der Waals surface area contributed by atoms with Crippen LogP contribution in [0.2, 0.25) is 0 Å². The second-order valence-corrected chi connectivity index (χ2v) is 7.38. The fourth-order valence-electron chi connectivity index (χ4n) is 3.68. The first-order chi connectivity index (χ1) is 14.1. The van der Waals surface area contributed by atoms with Crippen LogP contribution in [0, 0.1) is 0 Å². The average Bonchev–Trinajstić information content (AvgIpc) is 3.32. The van der Waals surface area contributed by atoms with Crippen molar-refractivity contribution in [2.24, 2.45) is 0 Å². The minimum Gasteiger partial charge on any atom is -0.493 e. The maximum absolute atomic E-state index is 12.6. The first-order valence-electron chi connectivity index (χ1n) is 9.65. The quantitative estimate of drug-likeness (QED) is 0.692. The number of aromatic nitrogens is 1. The summed E-state index contributed by atoms with van der Waals surface area (Å²) in [6.07, 6.45) is 1.49. The molecule has 0 unspecified atom stereocenters. The number of likely N-dealkylation sites (N-methyl/N-ethyl adjacent to an activating group) is 1. The number of oxazole rings is 1. The van der Waals surface area contributed by atoms with Gasteiger partial charge in [-0.3, -0.25) is 4.79 Å².